The Labute approximate surface area is 194 Å². The molecule has 5 aromatic rings. The van der Waals surface area contributed by atoms with E-state index in [1.165, 1.54) is 0 Å². The monoisotopic (exact) mass is 452 g/mol. The van der Waals surface area contributed by atoms with E-state index in [-0.39, 0.29) is 5.69 Å². The Bertz CT molecular complexity index is 1540. The predicted molar refractivity (Wildman–Crippen MR) is 124 cm³/mol. The number of fused-ring (bicyclic) bond motifs is 1. The van der Waals surface area contributed by atoms with E-state index in [2.05, 4.69) is 30.6 Å². The Kier molecular flexibility index (Phi) is 5.19. The van der Waals surface area contributed by atoms with Crippen molar-refractivity contribution < 1.29 is 5.11 Å². The number of nitrogens with zero attached hydrogens (tertiary/aromatic N) is 9. The number of rotatable bonds is 5. The summed E-state index contributed by atoms with van der Waals surface area (Å²) in [6, 6.07) is 13.0. The lowest BCUT2D eigenvalue weighted by atomic mass is 10.1. The van der Waals surface area contributed by atoms with Gasteiger partial charge in [0.15, 0.2) is 11.5 Å². The first kappa shape index (κ1) is 21.2. The number of nitriles is 1. The quantitative estimate of drug-likeness (QED) is 0.411. The molecule has 2 N–H and O–H groups in total. The average Bonchev–Trinajstić information content (AvgIpc) is 3.43. The number of pyridine rings is 1. The number of benzene rings is 1. The van der Waals surface area contributed by atoms with E-state index in [4.69, 9.17) is 4.98 Å². The first-order valence-electron chi connectivity index (χ1n) is 10.5. The summed E-state index contributed by atoms with van der Waals surface area (Å²) in [5.41, 5.74) is 4.72. The number of imidazole rings is 1. The van der Waals surface area contributed by atoms with Crippen molar-refractivity contribution in [3.63, 3.8) is 0 Å². The molecule has 0 spiro atoms. The highest BCUT2D eigenvalue weighted by Crippen LogP contribution is 2.26. The number of nitrogens with one attached hydrogen (secondary N) is 1. The maximum Gasteiger partial charge on any atom is 0.247 e. The van der Waals surface area contributed by atoms with E-state index in [0.717, 1.165) is 28.1 Å². The zero-order chi connectivity index (χ0) is 23.8. The maximum atomic E-state index is 10.3. The number of aliphatic hydroxyl groups is 1. The zero-order valence-electron chi connectivity index (χ0n) is 18.7. The molecular weight excluding hydrogens is 432 g/mol. The first-order chi connectivity index (χ1) is 16.4. The number of aromatic nitrogens is 8. The second kappa shape index (κ2) is 8.34. The second-order valence-electron chi connectivity index (χ2n) is 7.82. The average molecular weight is 452 g/mol. The normalized spacial score (nSPS) is 12.0. The summed E-state index contributed by atoms with van der Waals surface area (Å²) in [6.45, 7) is 5.33. The topological polar surface area (TPSA) is 143 Å². The van der Waals surface area contributed by atoms with Gasteiger partial charge in [-0.05, 0) is 57.2 Å². The molecule has 0 aliphatic carbocycles. The highest BCUT2D eigenvalue weighted by Gasteiger charge is 2.17. The molecule has 0 fully saturated rings. The van der Waals surface area contributed by atoms with E-state index in [0.29, 0.717) is 23.1 Å². The van der Waals surface area contributed by atoms with Crippen LogP contribution in [0.5, 0.6) is 0 Å². The Morgan fingerprint density at radius 2 is 1.94 bits per heavy atom. The van der Waals surface area contributed by atoms with Crippen LogP contribution in [0.4, 0.5) is 11.6 Å². The molecule has 0 saturated carbocycles. The Morgan fingerprint density at radius 1 is 1.09 bits per heavy atom. The van der Waals surface area contributed by atoms with Crippen LogP contribution < -0.4 is 5.32 Å². The van der Waals surface area contributed by atoms with E-state index in [9.17, 15) is 10.4 Å². The second-order valence-corrected chi connectivity index (χ2v) is 7.82. The minimum Gasteiger partial charge on any atom is -0.389 e. The lowest BCUT2D eigenvalue weighted by molar-refractivity contribution is 0.198. The van der Waals surface area contributed by atoms with Crippen molar-refractivity contribution in [2.75, 3.05) is 5.32 Å². The van der Waals surface area contributed by atoms with Crippen molar-refractivity contribution in [1.82, 2.24) is 39.5 Å². The van der Waals surface area contributed by atoms with Gasteiger partial charge in [-0.2, -0.15) is 15.5 Å². The van der Waals surface area contributed by atoms with Crippen LogP contribution in [-0.4, -0.2) is 44.6 Å². The van der Waals surface area contributed by atoms with Crippen LogP contribution in [0.2, 0.25) is 0 Å². The van der Waals surface area contributed by atoms with E-state index < -0.39 is 6.10 Å². The summed E-state index contributed by atoms with van der Waals surface area (Å²) < 4.78 is 3.42. The molecule has 34 heavy (non-hydrogen) atoms. The van der Waals surface area contributed by atoms with E-state index in [1.807, 2.05) is 48.7 Å². The molecule has 11 heteroatoms. The van der Waals surface area contributed by atoms with Crippen LogP contribution >= 0.6 is 0 Å². The largest absolute Gasteiger partial charge is 0.389 e. The fourth-order valence-corrected chi connectivity index (χ4v) is 3.61. The summed E-state index contributed by atoms with van der Waals surface area (Å²) in [4.78, 5) is 13.5. The molecule has 0 saturated heterocycles. The summed E-state index contributed by atoms with van der Waals surface area (Å²) in [5.74, 6) is 1.45. The molecule has 4 heterocycles. The molecule has 1 unspecified atom stereocenters. The molecule has 1 aromatic carbocycles. The van der Waals surface area contributed by atoms with Crippen LogP contribution in [0.25, 0.3) is 22.7 Å². The number of hydrogen-bond donors (Lipinski definition) is 2. The number of aliphatic hydroxyl groups excluding tert-OH is 1. The van der Waals surface area contributed by atoms with Gasteiger partial charge in [0.2, 0.25) is 5.95 Å². The number of hydrogen-bond acceptors (Lipinski definition) is 9. The van der Waals surface area contributed by atoms with Crippen LogP contribution in [0.15, 0.2) is 48.9 Å². The van der Waals surface area contributed by atoms with E-state index in [1.54, 1.807) is 36.3 Å². The lowest BCUT2D eigenvalue weighted by Gasteiger charge is -2.14. The van der Waals surface area contributed by atoms with Crippen LogP contribution in [0.1, 0.15) is 35.7 Å². The smallest absolute Gasteiger partial charge is 0.247 e. The maximum absolute atomic E-state index is 10.3. The summed E-state index contributed by atoms with van der Waals surface area (Å²) in [7, 11) is 0. The minimum absolute atomic E-state index is 0.280. The van der Waals surface area contributed by atoms with Gasteiger partial charge in [0, 0.05) is 16.9 Å². The van der Waals surface area contributed by atoms with Crippen LogP contribution in [0.3, 0.4) is 0 Å². The van der Waals surface area contributed by atoms with Gasteiger partial charge in [-0.15, -0.1) is 5.10 Å². The van der Waals surface area contributed by atoms with Crippen molar-refractivity contribution in [2.24, 2.45) is 0 Å². The molecular formula is C23H20N10O. The van der Waals surface area contributed by atoms with Crippen molar-refractivity contribution >= 4 is 22.7 Å². The fraction of sp³-hybridized carbons (Fsp3) is 0.174. The molecule has 1 atom stereocenters. The third kappa shape index (κ3) is 3.82. The Balaban J connectivity index is 1.55. The standard InChI is InChI=1S/C23H20N10O/c1-13-11-25-23(30-29-13)27-16-4-6-20-19(9-16)26-12-32(20)21-7-5-18(15(3)34)22(28-21)33-14(2)8-17(10-24)31-33/h4-9,11-12,15,34H,1-3H3,(H,25,27,30). The van der Waals surface area contributed by atoms with Gasteiger partial charge >= 0.3 is 0 Å². The van der Waals surface area contributed by atoms with Gasteiger partial charge in [-0.3, -0.25) is 4.57 Å². The van der Waals surface area contributed by atoms with Crippen molar-refractivity contribution in [2.45, 2.75) is 26.9 Å². The van der Waals surface area contributed by atoms with Crippen LogP contribution in [-0.2, 0) is 0 Å². The number of anilines is 2. The Morgan fingerprint density at radius 3 is 2.65 bits per heavy atom. The molecule has 0 amide bonds. The van der Waals surface area contributed by atoms with Crippen LogP contribution in [0, 0.1) is 25.2 Å². The first-order valence-corrected chi connectivity index (χ1v) is 10.5. The third-order valence-corrected chi connectivity index (χ3v) is 5.27. The van der Waals surface area contributed by atoms with Crippen molar-refractivity contribution in [3.05, 3.63) is 71.6 Å². The molecule has 5 rings (SSSR count). The van der Waals surface area contributed by atoms with Gasteiger partial charge in [-0.1, -0.05) is 0 Å². The molecule has 0 aliphatic heterocycles. The lowest BCUT2D eigenvalue weighted by Crippen LogP contribution is -2.10. The third-order valence-electron chi connectivity index (χ3n) is 5.27. The van der Waals surface area contributed by atoms with Gasteiger partial charge in [0.1, 0.15) is 18.2 Å². The van der Waals surface area contributed by atoms with Gasteiger partial charge < -0.3 is 10.4 Å². The molecule has 0 radical (unpaired) electrons. The van der Waals surface area contributed by atoms with Gasteiger partial charge in [-0.25, -0.2) is 19.6 Å². The van der Waals surface area contributed by atoms with Gasteiger partial charge in [0.05, 0.1) is 29.0 Å². The summed E-state index contributed by atoms with van der Waals surface area (Å²) in [6.07, 6.45) is 2.56. The predicted octanol–water partition coefficient (Wildman–Crippen LogP) is 3.08. The zero-order valence-corrected chi connectivity index (χ0v) is 18.7. The number of aryl methyl sites for hydroxylation is 2. The molecule has 11 nitrogen and oxygen atoms in total. The van der Waals surface area contributed by atoms with Crippen molar-refractivity contribution in [3.8, 4) is 17.7 Å². The van der Waals surface area contributed by atoms with Crippen molar-refractivity contribution in [1.29, 1.82) is 5.26 Å². The summed E-state index contributed by atoms with van der Waals surface area (Å²) in [5, 5.41) is 35.0. The molecule has 0 aliphatic rings. The minimum atomic E-state index is -0.766. The molecule has 168 valence electrons. The SMILES string of the molecule is Cc1cnc(Nc2ccc3c(c2)ncn3-c2ccc(C(C)O)c(-n3nc(C#N)cc3C)n2)nn1. The molecule has 0 bridgehead atoms. The van der Waals surface area contributed by atoms with Gasteiger partial charge in [0.25, 0.3) is 0 Å². The highest BCUT2D eigenvalue weighted by molar-refractivity contribution is 5.81. The highest BCUT2D eigenvalue weighted by atomic mass is 16.3. The fourth-order valence-electron chi connectivity index (χ4n) is 3.61. The summed E-state index contributed by atoms with van der Waals surface area (Å²) >= 11 is 0. The Hall–Kier alpha value is -4.69. The molecule has 4 aromatic heterocycles. The van der Waals surface area contributed by atoms with E-state index >= 15 is 0 Å².